The molecule has 1 rings (SSSR count). The molecule has 0 aliphatic carbocycles. The van der Waals surface area contributed by atoms with Crippen LogP contribution in [0.5, 0.6) is 5.75 Å². The highest BCUT2D eigenvalue weighted by Crippen LogP contribution is 2.16. The highest BCUT2D eigenvalue weighted by atomic mass is 16.5. The zero-order chi connectivity index (χ0) is 15.1. The van der Waals surface area contributed by atoms with Gasteiger partial charge in [0, 0.05) is 6.54 Å². The number of ether oxygens (including phenoxy) is 1. The van der Waals surface area contributed by atoms with Gasteiger partial charge in [-0.1, -0.05) is 19.1 Å². The van der Waals surface area contributed by atoms with E-state index in [9.17, 15) is 9.59 Å². The number of carbonyl (C=O) groups is 2. The Bertz CT molecular complexity index is 459. The van der Waals surface area contributed by atoms with Crippen LogP contribution in [0.1, 0.15) is 25.5 Å². The van der Waals surface area contributed by atoms with Crippen molar-refractivity contribution in [1.82, 2.24) is 10.6 Å². The van der Waals surface area contributed by atoms with Gasteiger partial charge < -0.3 is 20.5 Å². The number of benzene rings is 1. The molecule has 110 valence electrons. The Morgan fingerprint density at radius 3 is 2.35 bits per heavy atom. The first-order valence-electron chi connectivity index (χ1n) is 6.35. The van der Waals surface area contributed by atoms with E-state index in [1.807, 2.05) is 31.2 Å². The molecule has 0 aromatic heterocycles. The van der Waals surface area contributed by atoms with Gasteiger partial charge in [0.2, 0.25) is 0 Å². The zero-order valence-electron chi connectivity index (χ0n) is 11.8. The quantitative estimate of drug-likeness (QED) is 0.741. The number of hydrogen-bond donors (Lipinski definition) is 3. The van der Waals surface area contributed by atoms with Crippen LogP contribution in [0.2, 0.25) is 0 Å². The van der Waals surface area contributed by atoms with Crippen LogP contribution in [0.4, 0.5) is 4.79 Å². The van der Waals surface area contributed by atoms with Gasteiger partial charge in [-0.15, -0.1) is 0 Å². The lowest BCUT2D eigenvalue weighted by molar-refractivity contribution is -0.140. The van der Waals surface area contributed by atoms with E-state index in [4.69, 9.17) is 9.84 Å². The van der Waals surface area contributed by atoms with Gasteiger partial charge in [-0.05, 0) is 24.6 Å². The second-order valence-electron chi connectivity index (χ2n) is 4.59. The van der Waals surface area contributed by atoms with E-state index in [0.717, 1.165) is 11.3 Å². The van der Waals surface area contributed by atoms with Gasteiger partial charge in [0.15, 0.2) is 0 Å². The van der Waals surface area contributed by atoms with Crippen molar-refractivity contribution in [3.8, 4) is 5.75 Å². The molecule has 2 amide bonds. The van der Waals surface area contributed by atoms with Crippen molar-refractivity contribution in [1.29, 1.82) is 0 Å². The summed E-state index contributed by atoms with van der Waals surface area (Å²) in [5.74, 6) is -0.800. The van der Waals surface area contributed by atoms with Crippen LogP contribution in [0.15, 0.2) is 24.3 Å². The lowest BCUT2D eigenvalue weighted by atomic mass is 10.1. The molecule has 0 aliphatic rings. The third kappa shape index (κ3) is 4.79. The molecule has 0 saturated carbocycles. The molecule has 20 heavy (non-hydrogen) atoms. The third-order valence-electron chi connectivity index (χ3n) is 2.95. The Morgan fingerprint density at radius 1 is 1.25 bits per heavy atom. The normalized spacial score (nSPS) is 13.2. The van der Waals surface area contributed by atoms with Crippen molar-refractivity contribution in [2.45, 2.75) is 19.9 Å². The SMILES string of the molecule is COc1ccc(C(C)NC(=O)NCC(C)C(=O)O)cc1. The zero-order valence-corrected chi connectivity index (χ0v) is 11.8. The van der Waals surface area contributed by atoms with Crippen molar-refractivity contribution in [3.63, 3.8) is 0 Å². The Hall–Kier alpha value is -2.24. The van der Waals surface area contributed by atoms with Crippen molar-refractivity contribution >= 4 is 12.0 Å². The molecule has 0 bridgehead atoms. The number of amides is 2. The summed E-state index contributed by atoms with van der Waals surface area (Å²) < 4.78 is 5.06. The third-order valence-corrected chi connectivity index (χ3v) is 2.95. The Morgan fingerprint density at radius 2 is 1.85 bits per heavy atom. The predicted molar refractivity (Wildman–Crippen MR) is 74.7 cm³/mol. The minimum atomic E-state index is -0.937. The summed E-state index contributed by atoms with van der Waals surface area (Å²) in [5, 5.41) is 14.0. The largest absolute Gasteiger partial charge is 0.497 e. The molecule has 0 radical (unpaired) electrons. The first kappa shape index (κ1) is 15.8. The smallest absolute Gasteiger partial charge is 0.315 e. The molecule has 0 fully saturated rings. The summed E-state index contributed by atoms with van der Waals surface area (Å²) in [6.45, 7) is 3.48. The Kier molecular flexibility index (Phi) is 5.83. The molecular weight excluding hydrogens is 260 g/mol. The van der Waals surface area contributed by atoms with Gasteiger partial charge in [-0.3, -0.25) is 4.79 Å². The van der Waals surface area contributed by atoms with Crippen molar-refractivity contribution in [2.75, 3.05) is 13.7 Å². The number of hydrogen-bond acceptors (Lipinski definition) is 3. The number of rotatable bonds is 6. The van der Waals surface area contributed by atoms with Gasteiger partial charge in [-0.2, -0.15) is 0 Å². The molecule has 0 saturated heterocycles. The fraction of sp³-hybridized carbons (Fsp3) is 0.429. The van der Waals surface area contributed by atoms with Crippen molar-refractivity contribution in [2.24, 2.45) is 5.92 Å². The van der Waals surface area contributed by atoms with Gasteiger partial charge in [0.1, 0.15) is 5.75 Å². The lowest BCUT2D eigenvalue weighted by Gasteiger charge is -2.16. The number of carboxylic acids is 1. The van der Waals surface area contributed by atoms with Crippen molar-refractivity contribution in [3.05, 3.63) is 29.8 Å². The van der Waals surface area contributed by atoms with Crippen LogP contribution in [-0.2, 0) is 4.79 Å². The summed E-state index contributed by atoms with van der Waals surface area (Å²) >= 11 is 0. The maximum Gasteiger partial charge on any atom is 0.315 e. The molecule has 3 N–H and O–H groups in total. The molecule has 6 nitrogen and oxygen atoms in total. The number of carboxylic acid groups (broad SMARTS) is 1. The van der Waals surface area contributed by atoms with Gasteiger partial charge in [0.25, 0.3) is 0 Å². The summed E-state index contributed by atoms with van der Waals surface area (Å²) in [5.41, 5.74) is 0.937. The standard InChI is InChI=1S/C14H20N2O4/c1-9(13(17)18)8-15-14(19)16-10(2)11-4-6-12(20-3)7-5-11/h4-7,9-10H,8H2,1-3H3,(H,17,18)(H2,15,16,19). The Balaban J connectivity index is 2.46. The van der Waals surface area contributed by atoms with E-state index in [1.165, 1.54) is 6.92 Å². The van der Waals surface area contributed by atoms with Crippen LogP contribution in [0.3, 0.4) is 0 Å². The van der Waals surface area contributed by atoms with Crippen LogP contribution in [0.25, 0.3) is 0 Å². The summed E-state index contributed by atoms with van der Waals surface area (Å²) in [6, 6.07) is 6.80. The summed E-state index contributed by atoms with van der Waals surface area (Å²) in [6.07, 6.45) is 0. The van der Waals surface area contributed by atoms with Crippen LogP contribution < -0.4 is 15.4 Å². The minimum absolute atomic E-state index is 0.0937. The fourth-order valence-corrected chi connectivity index (χ4v) is 1.56. The average molecular weight is 280 g/mol. The molecule has 6 heteroatoms. The molecule has 0 heterocycles. The second kappa shape index (κ2) is 7.37. The monoisotopic (exact) mass is 280 g/mol. The average Bonchev–Trinajstić information content (AvgIpc) is 2.44. The number of methoxy groups -OCH3 is 1. The first-order valence-corrected chi connectivity index (χ1v) is 6.35. The maximum atomic E-state index is 11.6. The maximum absolute atomic E-state index is 11.6. The Labute approximate surface area is 118 Å². The lowest BCUT2D eigenvalue weighted by Crippen LogP contribution is -2.40. The summed E-state index contributed by atoms with van der Waals surface area (Å²) in [4.78, 5) is 22.3. The molecule has 1 aromatic carbocycles. The second-order valence-corrected chi connectivity index (χ2v) is 4.59. The first-order chi connectivity index (χ1) is 9.43. The van der Waals surface area contributed by atoms with Crippen molar-refractivity contribution < 1.29 is 19.4 Å². The van der Waals surface area contributed by atoms with E-state index in [2.05, 4.69) is 10.6 Å². The van der Waals surface area contributed by atoms with Gasteiger partial charge in [0.05, 0.1) is 19.1 Å². The van der Waals surface area contributed by atoms with Crippen LogP contribution in [0, 0.1) is 5.92 Å². The molecule has 2 atom stereocenters. The van der Waals surface area contributed by atoms with E-state index in [1.54, 1.807) is 7.11 Å². The molecule has 2 unspecified atom stereocenters. The van der Waals surface area contributed by atoms with E-state index in [-0.39, 0.29) is 18.6 Å². The molecule has 1 aromatic rings. The van der Waals surface area contributed by atoms with E-state index >= 15 is 0 Å². The van der Waals surface area contributed by atoms with E-state index in [0.29, 0.717) is 0 Å². The number of urea groups is 1. The van der Waals surface area contributed by atoms with E-state index < -0.39 is 11.9 Å². The highest BCUT2D eigenvalue weighted by Gasteiger charge is 2.13. The summed E-state index contributed by atoms with van der Waals surface area (Å²) in [7, 11) is 1.59. The fourth-order valence-electron chi connectivity index (χ4n) is 1.56. The number of aliphatic carboxylic acids is 1. The van der Waals surface area contributed by atoms with Crippen LogP contribution in [-0.4, -0.2) is 30.8 Å². The van der Waals surface area contributed by atoms with Gasteiger partial charge >= 0.3 is 12.0 Å². The van der Waals surface area contributed by atoms with Gasteiger partial charge in [-0.25, -0.2) is 4.79 Å². The van der Waals surface area contributed by atoms with Crippen LogP contribution >= 0.6 is 0 Å². The molecule has 0 spiro atoms. The highest BCUT2D eigenvalue weighted by molar-refractivity contribution is 5.76. The number of nitrogens with one attached hydrogen (secondary N) is 2. The molecular formula is C14H20N2O4. The predicted octanol–water partition coefficient (Wildman–Crippen LogP) is 1.78. The number of carbonyl (C=O) groups excluding carboxylic acids is 1. The topological polar surface area (TPSA) is 87.7 Å². The minimum Gasteiger partial charge on any atom is -0.497 e. The molecule has 0 aliphatic heterocycles.